The zero-order chi connectivity index (χ0) is 17.8. The van der Waals surface area contributed by atoms with Crippen LogP contribution >= 0.6 is 0 Å². The lowest BCUT2D eigenvalue weighted by atomic mass is 10.1. The fourth-order valence-corrected chi connectivity index (χ4v) is 5.44. The first-order valence-electron chi connectivity index (χ1n) is 8.64. The summed E-state index contributed by atoms with van der Waals surface area (Å²) in [5, 5.41) is 1.40. The van der Waals surface area contributed by atoms with Gasteiger partial charge in [-0.25, -0.2) is 8.42 Å². The summed E-state index contributed by atoms with van der Waals surface area (Å²) in [6.45, 7) is 5.15. The highest BCUT2D eigenvalue weighted by molar-refractivity contribution is 7.89. The fourth-order valence-electron chi connectivity index (χ4n) is 3.81. The number of nitrogens with zero attached hydrogens (tertiary/aromatic N) is 2. The number of amides is 1. The van der Waals surface area contributed by atoms with Gasteiger partial charge in [-0.2, -0.15) is 4.31 Å². The number of carbonyl (C=O) groups excluding carboxylic acids is 1. The third kappa shape index (κ3) is 2.38. The molecule has 2 aliphatic heterocycles. The van der Waals surface area contributed by atoms with Crippen molar-refractivity contribution < 1.29 is 18.1 Å². The van der Waals surface area contributed by atoms with Gasteiger partial charge in [0.25, 0.3) is 5.91 Å². The number of quaternary nitrogens is 1. The molecule has 0 aromatic heterocycles. The SMILES string of the molecule is CCN1C(=O)c2cccc3c(S(=O)(=O)N4CC[NH+](C)CC4)ccc1c23. The topological polar surface area (TPSA) is 62.1 Å². The van der Waals surface area contributed by atoms with E-state index in [9.17, 15) is 13.2 Å². The van der Waals surface area contributed by atoms with Crippen molar-refractivity contribution in [1.29, 1.82) is 0 Å². The number of likely N-dealkylation sites (N-methyl/N-ethyl adjacent to an activating group) is 1. The molecule has 0 unspecified atom stereocenters. The van der Waals surface area contributed by atoms with E-state index in [-0.39, 0.29) is 5.91 Å². The zero-order valence-corrected chi connectivity index (χ0v) is 15.3. The molecule has 1 fully saturated rings. The van der Waals surface area contributed by atoms with Crippen molar-refractivity contribution in [3.05, 3.63) is 35.9 Å². The molecule has 2 heterocycles. The second kappa shape index (κ2) is 5.79. The molecular formula is C18H22N3O3S+. The van der Waals surface area contributed by atoms with E-state index in [2.05, 4.69) is 7.05 Å². The standard InChI is InChI=1S/C18H21N3O3S/c1-3-21-15-7-8-16(13-5-4-6-14(17(13)15)18(21)22)25(23,24)20-11-9-19(2)10-12-20/h4-8H,3,9-12H2,1-2H3/p+1. The molecule has 0 atom stereocenters. The Morgan fingerprint density at radius 2 is 1.84 bits per heavy atom. The average Bonchev–Trinajstić information content (AvgIpc) is 2.89. The van der Waals surface area contributed by atoms with Crippen LogP contribution in [0.3, 0.4) is 0 Å². The summed E-state index contributed by atoms with van der Waals surface area (Å²) in [5.74, 6) is -0.0548. The molecule has 132 valence electrons. The maximum atomic E-state index is 13.2. The van der Waals surface area contributed by atoms with Gasteiger partial charge < -0.3 is 9.80 Å². The average molecular weight is 360 g/mol. The van der Waals surface area contributed by atoms with Gasteiger partial charge in [0.15, 0.2) is 0 Å². The van der Waals surface area contributed by atoms with E-state index in [4.69, 9.17) is 0 Å². The van der Waals surface area contributed by atoms with Crippen molar-refractivity contribution in [1.82, 2.24) is 4.31 Å². The van der Waals surface area contributed by atoms with Gasteiger partial charge in [-0.05, 0) is 25.1 Å². The first-order chi connectivity index (χ1) is 11.9. The minimum atomic E-state index is -3.57. The van der Waals surface area contributed by atoms with Gasteiger partial charge >= 0.3 is 0 Å². The summed E-state index contributed by atoms with van der Waals surface area (Å²) < 4.78 is 28.0. The maximum Gasteiger partial charge on any atom is 0.258 e. The van der Waals surface area contributed by atoms with Crippen molar-refractivity contribution in [3.8, 4) is 0 Å². The number of piperazine rings is 1. The van der Waals surface area contributed by atoms with Gasteiger partial charge in [-0.1, -0.05) is 12.1 Å². The molecule has 6 nitrogen and oxygen atoms in total. The monoisotopic (exact) mass is 360 g/mol. The molecule has 0 saturated carbocycles. The van der Waals surface area contributed by atoms with Crippen LogP contribution in [0, 0.1) is 0 Å². The molecule has 1 amide bonds. The van der Waals surface area contributed by atoms with Gasteiger partial charge in [0.1, 0.15) is 0 Å². The maximum absolute atomic E-state index is 13.2. The predicted molar refractivity (Wildman–Crippen MR) is 96.7 cm³/mol. The van der Waals surface area contributed by atoms with E-state index in [1.54, 1.807) is 33.5 Å². The minimum absolute atomic E-state index is 0.0548. The third-order valence-corrected chi connectivity index (χ3v) is 7.21. The number of hydrogen-bond acceptors (Lipinski definition) is 3. The van der Waals surface area contributed by atoms with Crippen molar-refractivity contribution in [2.75, 3.05) is 44.7 Å². The van der Waals surface area contributed by atoms with Gasteiger partial charge in [0, 0.05) is 22.9 Å². The van der Waals surface area contributed by atoms with Crippen LogP contribution in [0.1, 0.15) is 17.3 Å². The smallest absolute Gasteiger partial charge is 0.258 e. The van der Waals surface area contributed by atoms with Crippen LogP contribution in [-0.4, -0.2) is 58.4 Å². The number of rotatable bonds is 3. The van der Waals surface area contributed by atoms with Crippen LogP contribution in [0.2, 0.25) is 0 Å². The number of anilines is 1. The Morgan fingerprint density at radius 1 is 1.12 bits per heavy atom. The molecule has 0 radical (unpaired) electrons. The van der Waals surface area contributed by atoms with Crippen LogP contribution < -0.4 is 9.80 Å². The van der Waals surface area contributed by atoms with E-state index in [0.29, 0.717) is 35.5 Å². The Hall–Kier alpha value is -1.96. The number of sulfonamides is 1. The van der Waals surface area contributed by atoms with Crippen molar-refractivity contribution in [2.45, 2.75) is 11.8 Å². The number of nitrogens with one attached hydrogen (secondary N) is 1. The Morgan fingerprint density at radius 3 is 2.52 bits per heavy atom. The Bertz CT molecular complexity index is 963. The molecule has 2 aliphatic rings. The minimum Gasteiger partial charge on any atom is -0.335 e. The Labute approximate surface area is 147 Å². The molecule has 0 bridgehead atoms. The molecule has 2 aromatic rings. The quantitative estimate of drug-likeness (QED) is 0.859. The van der Waals surface area contributed by atoms with Gasteiger partial charge in [0.2, 0.25) is 10.0 Å². The Kier molecular flexibility index (Phi) is 3.82. The number of carbonyl (C=O) groups is 1. The van der Waals surface area contributed by atoms with Crippen LogP contribution in [0.15, 0.2) is 35.2 Å². The highest BCUT2D eigenvalue weighted by Gasteiger charge is 2.34. The first kappa shape index (κ1) is 16.5. The summed E-state index contributed by atoms with van der Waals surface area (Å²) in [5.41, 5.74) is 1.40. The molecule has 0 aliphatic carbocycles. The summed E-state index contributed by atoms with van der Waals surface area (Å²) in [6, 6.07) is 8.78. The van der Waals surface area contributed by atoms with Crippen LogP contribution in [-0.2, 0) is 10.0 Å². The number of hydrogen-bond donors (Lipinski definition) is 1. The van der Waals surface area contributed by atoms with Gasteiger partial charge in [-0.3, -0.25) is 4.79 Å². The summed E-state index contributed by atoms with van der Waals surface area (Å²) >= 11 is 0. The third-order valence-electron chi connectivity index (χ3n) is 5.26. The zero-order valence-electron chi connectivity index (χ0n) is 14.4. The molecule has 1 saturated heterocycles. The normalized spacial score (nSPS) is 19.1. The van der Waals surface area contributed by atoms with Crippen molar-refractivity contribution in [2.24, 2.45) is 0 Å². The van der Waals surface area contributed by atoms with Gasteiger partial charge in [-0.15, -0.1) is 0 Å². The van der Waals surface area contributed by atoms with E-state index < -0.39 is 10.0 Å². The van der Waals surface area contributed by atoms with Crippen LogP contribution in [0.4, 0.5) is 5.69 Å². The molecule has 4 rings (SSSR count). The van der Waals surface area contributed by atoms with E-state index in [1.807, 2.05) is 13.0 Å². The van der Waals surface area contributed by atoms with Crippen LogP contribution in [0.25, 0.3) is 10.8 Å². The van der Waals surface area contributed by atoms with Crippen molar-refractivity contribution >= 4 is 32.4 Å². The summed E-state index contributed by atoms with van der Waals surface area (Å²) in [6.07, 6.45) is 0. The highest BCUT2D eigenvalue weighted by atomic mass is 32.2. The second-order valence-electron chi connectivity index (χ2n) is 6.72. The van der Waals surface area contributed by atoms with E-state index in [0.717, 1.165) is 24.2 Å². The number of benzene rings is 2. The molecule has 0 spiro atoms. The summed E-state index contributed by atoms with van der Waals surface area (Å²) in [7, 11) is -1.49. The van der Waals surface area contributed by atoms with Gasteiger partial charge in [0.05, 0.1) is 43.8 Å². The molecule has 25 heavy (non-hydrogen) atoms. The molecule has 7 heteroatoms. The second-order valence-corrected chi connectivity index (χ2v) is 8.63. The largest absolute Gasteiger partial charge is 0.335 e. The lowest BCUT2D eigenvalue weighted by Gasteiger charge is -2.29. The van der Waals surface area contributed by atoms with E-state index in [1.165, 1.54) is 4.90 Å². The molecule has 1 N–H and O–H groups in total. The molecule has 2 aromatic carbocycles. The highest BCUT2D eigenvalue weighted by Crippen LogP contribution is 2.40. The molecular weight excluding hydrogens is 338 g/mol. The predicted octanol–water partition coefficient (Wildman–Crippen LogP) is 0.339. The van der Waals surface area contributed by atoms with E-state index >= 15 is 0 Å². The van der Waals surface area contributed by atoms with Crippen LogP contribution in [0.5, 0.6) is 0 Å². The fraction of sp³-hybridized carbons (Fsp3) is 0.389. The summed E-state index contributed by atoms with van der Waals surface area (Å²) in [4.78, 5) is 15.9. The lowest BCUT2D eigenvalue weighted by Crippen LogP contribution is -3.12. The van der Waals surface area contributed by atoms with Crippen molar-refractivity contribution in [3.63, 3.8) is 0 Å². The lowest BCUT2D eigenvalue weighted by molar-refractivity contribution is -0.883. The first-order valence-corrected chi connectivity index (χ1v) is 10.1. The Balaban J connectivity index is 1.88.